The number of nitriles is 2. The molecule has 0 radical (unpaired) electrons. The van der Waals surface area contributed by atoms with E-state index in [1.54, 1.807) is 24.3 Å². The number of carbonyl (C=O) groups is 1. The smallest absolute Gasteiger partial charge is 0.237 e. The number of carbonyl (C=O) groups excluding carboxylic acids is 1. The maximum atomic E-state index is 12.9. The van der Waals surface area contributed by atoms with Gasteiger partial charge in [0.2, 0.25) is 5.91 Å². The number of aryl methyl sites for hydroxylation is 1. The molecule has 2 heterocycles. The molecule has 1 aromatic carbocycles. The van der Waals surface area contributed by atoms with Gasteiger partial charge in [-0.05, 0) is 43.2 Å². The fraction of sp³-hybridized carbons (Fsp3) is 0.182. The second kappa shape index (κ2) is 9.57. The first-order valence-corrected chi connectivity index (χ1v) is 10.6. The second-order valence-corrected chi connectivity index (χ2v) is 8.22. The molecule has 0 saturated carbocycles. The molecule has 9 heteroatoms. The van der Waals surface area contributed by atoms with Gasteiger partial charge in [0.05, 0.1) is 22.6 Å². The monoisotopic (exact) mass is 451 g/mol. The molecular weight excluding hydrogens is 434 g/mol. The van der Waals surface area contributed by atoms with Crippen LogP contribution in [0.1, 0.15) is 30.0 Å². The third kappa shape index (κ3) is 4.66. The van der Waals surface area contributed by atoms with Crippen molar-refractivity contribution in [2.75, 3.05) is 11.1 Å². The predicted octanol–water partition coefficient (Wildman–Crippen LogP) is 5.14. The Labute approximate surface area is 188 Å². The van der Waals surface area contributed by atoms with E-state index in [-0.39, 0.29) is 33.4 Å². The number of hydrogen-bond acceptors (Lipinski definition) is 7. The Balaban J connectivity index is 1.99. The zero-order chi connectivity index (χ0) is 22.5. The first-order chi connectivity index (χ1) is 14.9. The minimum Gasteiger partial charge on any atom is -0.464 e. The molecule has 1 atom stereocenters. The Morgan fingerprint density at radius 2 is 2.06 bits per heavy atom. The zero-order valence-electron chi connectivity index (χ0n) is 16.8. The summed E-state index contributed by atoms with van der Waals surface area (Å²) < 4.78 is 5.41. The van der Waals surface area contributed by atoms with Crippen molar-refractivity contribution in [3.63, 3.8) is 0 Å². The van der Waals surface area contributed by atoms with Crippen LogP contribution in [0.3, 0.4) is 0 Å². The summed E-state index contributed by atoms with van der Waals surface area (Å²) in [7, 11) is 0. The lowest BCUT2D eigenvalue weighted by molar-refractivity contribution is -0.115. The minimum absolute atomic E-state index is 0.0312. The molecule has 0 bridgehead atoms. The molecule has 0 fully saturated rings. The van der Waals surface area contributed by atoms with Crippen molar-refractivity contribution >= 4 is 40.8 Å². The normalized spacial score (nSPS) is 11.4. The number of furan rings is 1. The molecule has 3 aromatic rings. The molecule has 0 spiro atoms. The van der Waals surface area contributed by atoms with Crippen molar-refractivity contribution in [2.45, 2.75) is 30.5 Å². The highest BCUT2D eigenvalue weighted by atomic mass is 35.5. The van der Waals surface area contributed by atoms with Crippen LogP contribution in [-0.4, -0.2) is 16.1 Å². The number of rotatable bonds is 6. The summed E-state index contributed by atoms with van der Waals surface area (Å²) in [5.74, 6) is 0.0403. The highest BCUT2D eigenvalue weighted by Gasteiger charge is 2.26. The van der Waals surface area contributed by atoms with Crippen LogP contribution in [-0.2, 0) is 4.79 Å². The largest absolute Gasteiger partial charge is 0.464 e. The van der Waals surface area contributed by atoms with Crippen molar-refractivity contribution < 1.29 is 9.21 Å². The molecular formula is C22H18ClN5O2S. The lowest BCUT2D eigenvalue weighted by Crippen LogP contribution is -2.25. The molecule has 7 nitrogen and oxygen atoms in total. The van der Waals surface area contributed by atoms with Gasteiger partial charge in [-0.1, -0.05) is 36.4 Å². The van der Waals surface area contributed by atoms with Gasteiger partial charge >= 0.3 is 0 Å². The summed E-state index contributed by atoms with van der Waals surface area (Å²) in [6.45, 7) is 3.72. The summed E-state index contributed by atoms with van der Waals surface area (Å²) in [5, 5.41) is 22.5. The summed E-state index contributed by atoms with van der Waals surface area (Å²) in [6, 6.07) is 12.6. The van der Waals surface area contributed by atoms with E-state index >= 15 is 0 Å². The fourth-order valence-electron chi connectivity index (χ4n) is 2.95. The van der Waals surface area contributed by atoms with Crippen molar-refractivity contribution in [1.29, 1.82) is 10.5 Å². The number of halogens is 1. The van der Waals surface area contributed by atoms with Crippen LogP contribution >= 0.6 is 23.4 Å². The van der Waals surface area contributed by atoms with E-state index in [9.17, 15) is 15.3 Å². The first-order valence-electron chi connectivity index (χ1n) is 9.30. The number of pyridine rings is 1. The highest BCUT2D eigenvalue weighted by Crippen LogP contribution is 2.38. The van der Waals surface area contributed by atoms with E-state index in [4.69, 9.17) is 21.8 Å². The number of nitrogens with two attached hydrogens (primary N) is 1. The van der Waals surface area contributed by atoms with Gasteiger partial charge in [0.15, 0.2) is 0 Å². The number of hydrogen-bond donors (Lipinski definition) is 2. The van der Waals surface area contributed by atoms with Crippen LogP contribution in [0.5, 0.6) is 0 Å². The zero-order valence-corrected chi connectivity index (χ0v) is 18.3. The molecule has 0 aliphatic carbocycles. The summed E-state index contributed by atoms with van der Waals surface area (Å²) >= 11 is 7.16. The standard InChI is InChI=1S/C22H18ClN5O2S/c1-3-18(21(29)27-16-9-13(23)7-6-12(16)2)31-22-15(11-25)19(17-5-4-8-30-17)14(10-24)20(26)28-22/h4-9,18H,3H2,1-2H3,(H2,26,28)(H,27,29). The van der Waals surface area contributed by atoms with Crippen molar-refractivity contribution in [3.8, 4) is 23.5 Å². The van der Waals surface area contributed by atoms with Gasteiger partial charge in [-0.3, -0.25) is 4.79 Å². The van der Waals surface area contributed by atoms with E-state index in [1.165, 1.54) is 6.26 Å². The number of aromatic nitrogens is 1. The third-order valence-electron chi connectivity index (χ3n) is 4.56. The quantitative estimate of drug-likeness (QED) is 0.496. The van der Waals surface area contributed by atoms with Crippen molar-refractivity contribution in [3.05, 3.63) is 58.3 Å². The molecule has 1 amide bonds. The summed E-state index contributed by atoms with van der Waals surface area (Å²) in [5.41, 5.74) is 7.95. The lowest BCUT2D eigenvalue weighted by Gasteiger charge is -2.17. The lowest BCUT2D eigenvalue weighted by atomic mass is 10.0. The molecule has 1 unspecified atom stereocenters. The van der Waals surface area contributed by atoms with Gasteiger partial charge in [0, 0.05) is 10.7 Å². The first kappa shape index (κ1) is 22.2. The van der Waals surface area contributed by atoms with Crippen LogP contribution in [0.25, 0.3) is 11.3 Å². The molecule has 3 N–H and O–H groups in total. The second-order valence-electron chi connectivity index (χ2n) is 6.59. The molecule has 0 aliphatic rings. The Hall–Kier alpha value is -3.46. The van der Waals surface area contributed by atoms with E-state index in [0.29, 0.717) is 22.9 Å². The Morgan fingerprint density at radius 1 is 1.32 bits per heavy atom. The number of nitrogen functional groups attached to an aromatic ring is 1. The Morgan fingerprint density at radius 3 is 2.68 bits per heavy atom. The van der Waals surface area contributed by atoms with Gasteiger partial charge in [0.25, 0.3) is 0 Å². The maximum Gasteiger partial charge on any atom is 0.237 e. The van der Waals surface area contributed by atoms with E-state index in [2.05, 4.69) is 16.4 Å². The number of nitrogens with zero attached hydrogens (tertiary/aromatic N) is 3. The van der Waals surface area contributed by atoms with E-state index < -0.39 is 5.25 Å². The molecule has 2 aromatic heterocycles. The predicted molar refractivity (Wildman–Crippen MR) is 121 cm³/mol. The van der Waals surface area contributed by atoms with Crippen molar-refractivity contribution in [2.24, 2.45) is 0 Å². The molecule has 31 heavy (non-hydrogen) atoms. The number of anilines is 2. The minimum atomic E-state index is -0.560. The van der Waals surface area contributed by atoms with E-state index in [0.717, 1.165) is 17.3 Å². The molecule has 0 saturated heterocycles. The molecule has 3 rings (SSSR count). The SMILES string of the molecule is CCC(Sc1nc(N)c(C#N)c(-c2ccco2)c1C#N)C(=O)Nc1cc(Cl)ccc1C. The van der Waals surface area contributed by atoms with Crippen LogP contribution in [0.2, 0.25) is 5.02 Å². The average molecular weight is 452 g/mol. The number of benzene rings is 1. The number of amides is 1. The summed E-state index contributed by atoms with van der Waals surface area (Å²) in [4.78, 5) is 17.2. The van der Waals surface area contributed by atoms with Gasteiger partial charge in [-0.25, -0.2) is 4.98 Å². The topological polar surface area (TPSA) is 129 Å². The van der Waals surface area contributed by atoms with Gasteiger partial charge in [-0.15, -0.1) is 0 Å². The summed E-state index contributed by atoms with van der Waals surface area (Å²) in [6.07, 6.45) is 1.91. The van der Waals surface area contributed by atoms with Crippen LogP contribution in [0, 0.1) is 29.6 Å². The maximum absolute atomic E-state index is 12.9. The van der Waals surface area contributed by atoms with Crippen LogP contribution in [0.15, 0.2) is 46.0 Å². The van der Waals surface area contributed by atoms with E-state index in [1.807, 2.05) is 26.0 Å². The Kier molecular flexibility index (Phi) is 6.86. The Bertz CT molecular complexity index is 1210. The number of nitrogens with one attached hydrogen (secondary N) is 1. The third-order valence-corrected chi connectivity index (χ3v) is 6.14. The van der Waals surface area contributed by atoms with Gasteiger partial charge < -0.3 is 15.5 Å². The van der Waals surface area contributed by atoms with Crippen LogP contribution in [0.4, 0.5) is 11.5 Å². The van der Waals surface area contributed by atoms with Gasteiger partial charge in [-0.2, -0.15) is 10.5 Å². The molecule has 156 valence electrons. The fourth-order valence-corrected chi connectivity index (χ4v) is 4.14. The van der Waals surface area contributed by atoms with Crippen molar-refractivity contribution in [1.82, 2.24) is 4.98 Å². The number of thioether (sulfide) groups is 1. The molecule has 0 aliphatic heterocycles. The van der Waals surface area contributed by atoms with Crippen LogP contribution < -0.4 is 11.1 Å². The highest BCUT2D eigenvalue weighted by molar-refractivity contribution is 8.00. The average Bonchev–Trinajstić information content (AvgIpc) is 3.28. The van der Waals surface area contributed by atoms with Gasteiger partial charge in [0.1, 0.15) is 34.3 Å².